The second-order valence-electron chi connectivity index (χ2n) is 6.88. The zero-order chi connectivity index (χ0) is 19.8. The van der Waals surface area contributed by atoms with E-state index in [0.29, 0.717) is 18.8 Å². The Bertz CT molecular complexity index is 830. The average Bonchev–Trinajstić information content (AvgIpc) is 3.20. The minimum Gasteiger partial charge on any atom is -0.497 e. The van der Waals surface area contributed by atoms with Crippen LogP contribution in [0.15, 0.2) is 71.3 Å². The highest BCUT2D eigenvalue weighted by Crippen LogP contribution is 2.18. The van der Waals surface area contributed by atoms with Gasteiger partial charge in [0.1, 0.15) is 30.0 Å². The first-order chi connectivity index (χ1) is 13.6. The summed E-state index contributed by atoms with van der Waals surface area (Å²) in [6.45, 7) is 4.13. The van der Waals surface area contributed by atoms with Gasteiger partial charge < -0.3 is 19.0 Å². The van der Waals surface area contributed by atoms with E-state index in [-0.39, 0.29) is 6.61 Å². The molecule has 1 N–H and O–H groups in total. The van der Waals surface area contributed by atoms with Gasteiger partial charge in [0.15, 0.2) is 0 Å². The van der Waals surface area contributed by atoms with Crippen LogP contribution in [0.5, 0.6) is 11.5 Å². The third-order valence-electron chi connectivity index (χ3n) is 4.42. The molecule has 0 aliphatic heterocycles. The van der Waals surface area contributed by atoms with Crippen LogP contribution in [0.2, 0.25) is 0 Å². The summed E-state index contributed by atoms with van der Waals surface area (Å²) in [6, 6.07) is 19.6. The summed E-state index contributed by atoms with van der Waals surface area (Å²) >= 11 is 0. The number of aliphatic hydroxyl groups excluding tert-OH is 1. The summed E-state index contributed by atoms with van der Waals surface area (Å²) < 4.78 is 16.4. The summed E-state index contributed by atoms with van der Waals surface area (Å²) in [7, 11) is 1.63. The number of furan rings is 1. The minimum absolute atomic E-state index is 0.217. The molecule has 0 radical (unpaired) electrons. The third kappa shape index (κ3) is 6.15. The first-order valence-electron chi connectivity index (χ1n) is 9.37. The predicted molar refractivity (Wildman–Crippen MR) is 108 cm³/mol. The van der Waals surface area contributed by atoms with E-state index < -0.39 is 6.10 Å². The van der Waals surface area contributed by atoms with Crippen molar-refractivity contribution in [1.82, 2.24) is 4.90 Å². The maximum absolute atomic E-state index is 10.5. The van der Waals surface area contributed by atoms with Gasteiger partial charge in [0.25, 0.3) is 0 Å². The van der Waals surface area contributed by atoms with Gasteiger partial charge in [-0.15, -0.1) is 0 Å². The van der Waals surface area contributed by atoms with Gasteiger partial charge in [0.2, 0.25) is 0 Å². The van der Waals surface area contributed by atoms with Crippen LogP contribution >= 0.6 is 0 Å². The Kier molecular flexibility index (Phi) is 7.12. The van der Waals surface area contributed by atoms with Crippen molar-refractivity contribution in [2.24, 2.45) is 0 Å². The van der Waals surface area contributed by atoms with E-state index in [2.05, 4.69) is 36.1 Å². The van der Waals surface area contributed by atoms with Crippen molar-refractivity contribution >= 4 is 0 Å². The Hall–Kier alpha value is -2.76. The van der Waals surface area contributed by atoms with Crippen LogP contribution in [0.25, 0.3) is 0 Å². The van der Waals surface area contributed by atoms with Crippen molar-refractivity contribution in [1.29, 1.82) is 0 Å². The Morgan fingerprint density at radius 3 is 2.46 bits per heavy atom. The van der Waals surface area contributed by atoms with E-state index in [1.165, 1.54) is 11.1 Å². The number of hydrogen-bond acceptors (Lipinski definition) is 5. The molecule has 0 aliphatic rings. The Morgan fingerprint density at radius 2 is 1.79 bits per heavy atom. The molecule has 0 amide bonds. The lowest BCUT2D eigenvalue weighted by Crippen LogP contribution is -2.35. The van der Waals surface area contributed by atoms with Crippen molar-refractivity contribution in [3.05, 3.63) is 83.8 Å². The molecule has 0 saturated heterocycles. The lowest BCUT2D eigenvalue weighted by atomic mass is 10.1. The second-order valence-corrected chi connectivity index (χ2v) is 6.88. The standard InChI is InChI=1S/C23H27NO4/c1-18-5-3-6-19(13-18)14-24(16-23-7-4-12-27-23)15-20(25)17-28-22-10-8-21(26-2)9-11-22/h3-13,20,25H,14-17H2,1-2H3/t20-/m1/s1. The molecule has 148 valence electrons. The van der Waals surface area contributed by atoms with Crippen LogP contribution in [0.1, 0.15) is 16.9 Å². The van der Waals surface area contributed by atoms with Crippen molar-refractivity contribution in [3.63, 3.8) is 0 Å². The molecule has 0 bridgehead atoms. The van der Waals surface area contributed by atoms with E-state index in [1.54, 1.807) is 13.4 Å². The van der Waals surface area contributed by atoms with E-state index in [4.69, 9.17) is 13.9 Å². The van der Waals surface area contributed by atoms with Crippen LogP contribution in [-0.4, -0.2) is 36.4 Å². The molecule has 0 saturated carbocycles. The molecule has 5 heteroatoms. The Labute approximate surface area is 166 Å². The summed E-state index contributed by atoms with van der Waals surface area (Å²) in [4.78, 5) is 2.16. The third-order valence-corrected chi connectivity index (χ3v) is 4.42. The molecule has 1 atom stereocenters. The van der Waals surface area contributed by atoms with Gasteiger partial charge in [0.05, 0.1) is 19.9 Å². The van der Waals surface area contributed by atoms with Crippen molar-refractivity contribution < 1.29 is 19.0 Å². The van der Waals surface area contributed by atoms with Gasteiger partial charge in [-0.25, -0.2) is 0 Å². The highest BCUT2D eigenvalue weighted by atomic mass is 16.5. The van der Waals surface area contributed by atoms with Gasteiger partial charge >= 0.3 is 0 Å². The fourth-order valence-corrected chi connectivity index (χ4v) is 3.09. The molecular formula is C23H27NO4. The van der Waals surface area contributed by atoms with E-state index in [9.17, 15) is 5.11 Å². The molecule has 28 heavy (non-hydrogen) atoms. The number of hydrogen-bond donors (Lipinski definition) is 1. The van der Waals surface area contributed by atoms with Gasteiger partial charge in [-0.1, -0.05) is 29.8 Å². The molecular weight excluding hydrogens is 354 g/mol. The molecule has 0 aliphatic carbocycles. The molecule has 1 aromatic heterocycles. The van der Waals surface area contributed by atoms with Gasteiger partial charge in [-0.3, -0.25) is 4.90 Å². The van der Waals surface area contributed by atoms with Crippen LogP contribution < -0.4 is 9.47 Å². The number of aryl methyl sites for hydroxylation is 1. The van der Waals surface area contributed by atoms with Gasteiger partial charge in [0, 0.05) is 13.1 Å². The number of nitrogens with zero attached hydrogens (tertiary/aromatic N) is 1. The number of benzene rings is 2. The monoisotopic (exact) mass is 381 g/mol. The Morgan fingerprint density at radius 1 is 1.00 bits per heavy atom. The normalized spacial score (nSPS) is 12.1. The summed E-state index contributed by atoms with van der Waals surface area (Å²) in [5.74, 6) is 2.35. The molecule has 0 unspecified atom stereocenters. The number of aliphatic hydroxyl groups is 1. The van der Waals surface area contributed by atoms with Crippen LogP contribution in [0.4, 0.5) is 0 Å². The van der Waals surface area contributed by atoms with Gasteiger partial charge in [-0.05, 0) is 48.9 Å². The number of rotatable bonds is 10. The van der Waals surface area contributed by atoms with Crippen LogP contribution in [-0.2, 0) is 13.1 Å². The van der Waals surface area contributed by atoms with Crippen molar-refractivity contribution in [3.8, 4) is 11.5 Å². The summed E-state index contributed by atoms with van der Waals surface area (Å²) in [6.07, 6.45) is 1.05. The van der Waals surface area contributed by atoms with E-state index in [0.717, 1.165) is 18.1 Å². The predicted octanol–water partition coefficient (Wildman–Crippen LogP) is 4.04. The minimum atomic E-state index is -0.623. The number of methoxy groups -OCH3 is 1. The van der Waals surface area contributed by atoms with Gasteiger partial charge in [-0.2, -0.15) is 0 Å². The first-order valence-corrected chi connectivity index (χ1v) is 9.37. The SMILES string of the molecule is COc1ccc(OC[C@H](O)CN(Cc2cccc(C)c2)Cc2ccco2)cc1. The molecule has 5 nitrogen and oxygen atoms in total. The zero-order valence-corrected chi connectivity index (χ0v) is 16.4. The van der Waals surface area contributed by atoms with Crippen LogP contribution in [0.3, 0.4) is 0 Å². The molecule has 2 aromatic carbocycles. The molecule has 1 heterocycles. The second kappa shape index (κ2) is 9.97. The highest BCUT2D eigenvalue weighted by Gasteiger charge is 2.15. The maximum atomic E-state index is 10.5. The van der Waals surface area contributed by atoms with Crippen molar-refractivity contribution in [2.45, 2.75) is 26.1 Å². The summed E-state index contributed by atoms with van der Waals surface area (Å²) in [5, 5.41) is 10.5. The lowest BCUT2D eigenvalue weighted by molar-refractivity contribution is 0.0604. The highest BCUT2D eigenvalue weighted by molar-refractivity contribution is 5.31. The smallest absolute Gasteiger partial charge is 0.119 e. The fraction of sp³-hybridized carbons (Fsp3) is 0.304. The topological polar surface area (TPSA) is 55.1 Å². The molecule has 3 rings (SSSR count). The van der Waals surface area contributed by atoms with Crippen molar-refractivity contribution in [2.75, 3.05) is 20.3 Å². The quantitative estimate of drug-likeness (QED) is 0.574. The van der Waals surface area contributed by atoms with Crippen LogP contribution in [0, 0.1) is 6.92 Å². The number of ether oxygens (including phenoxy) is 2. The maximum Gasteiger partial charge on any atom is 0.119 e. The van der Waals surface area contributed by atoms with E-state index >= 15 is 0 Å². The van der Waals surface area contributed by atoms with E-state index in [1.807, 2.05) is 36.4 Å². The largest absolute Gasteiger partial charge is 0.497 e. The Balaban J connectivity index is 1.58. The molecule has 0 fully saturated rings. The molecule has 0 spiro atoms. The zero-order valence-electron chi connectivity index (χ0n) is 16.4. The first kappa shape index (κ1) is 20.0. The average molecular weight is 381 g/mol. The molecule has 3 aromatic rings. The summed E-state index contributed by atoms with van der Waals surface area (Å²) in [5.41, 5.74) is 2.42. The fourth-order valence-electron chi connectivity index (χ4n) is 3.09. The lowest BCUT2D eigenvalue weighted by Gasteiger charge is -2.24.